The normalized spacial score (nSPS) is 10.1. The molecule has 0 bridgehead atoms. The molecule has 0 spiro atoms. The van der Waals surface area contributed by atoms with Crippen molar-refractivity contribution in [1.29, 1.82) is 0 Å². The van der Waals surface area contributed by atoms with Crippen LogP contribution in [0, 0.1) is 12.7 Å². The molecule has 0 aromatic heterocycles. The summed E-state index contributed by atoms with van der Waals surface area (Å²) < 4.78 is 13.4. The summed E-state index contributed by atoms with van der Waals surface area (Å²) in [7, 11) is 0. The summed E-state index contributed by atoms with van der Waals surface area (Å²) in [5.41, 5.74) is 8.26. The predicted octanol–water partition coefficient (Wildman–Crippen LogP) is 3.04. The largest absolute Gasteiger partial charge is 0.397 e. The fraction of sp³-hybridized carbons (Fsp3) is 0.133. The first-order valence-corrected chi connectivity index (χ1v) is 6.20. The minimum absolute atomic E-state index is 0.115. The Kier molecular flexibility index (Phi) is 4.20. The third kappa shape index (κ3) is 3.47. The molecule has 0 aliphatic heterocycles. The molecule has 0 aliphatic carbocycles. The molecule has 0 fully saturated rings. The highest BCUT2D eigenvalue weighted by Gasteiger charge is 2.06. The Morgan fingerprint density at radius 2 is 2.00 bits per heavy atom. The molecule has 104 valence electrons. The van der Waals surface area contributed by atoms with Gasteiger partial charge in [-0.15, -0.1) is 0 Å². The van der Waals surface area contributed by atoms with E-state index in [1.807, 2.05) is 13.0 Å². The summed E-state index contributed by atoms with van der Waals surface area (Å²) in [4.78, 5) is 11.7. The van der Waals surface area contributed by atoms with E-state index in [-0.39, 0.29) is 12.4 Å². The van der Waals surface area contributed by atoms with Crippen molar-refractivity contribution < 1.29 is 9.18 Å². The highest BCUT2D eigenvalue weighted by atomic mass is 19.1. The van der Waals surface area contributed by atoms with Gasteiger partial charge in [0.2, 0.25) is 0 Å². The van der Waals surface area contributed by atoms with E-state index in [2.05, 4.69) is 10.6 Å². The maximum Gasteiger partial charge on any atom is 0.319 e. The lowest BCUT2D eigenvalue weighted by Gasteiger charge is -2.10. The SMILES string of the molecule is Cc1ccc(NC(=O)NCc2ccccc2F)c(N)c1. The number of urea groups is 1. The fourth-order valence-electron chi connectivity index (χ4n) is 1.78. The van der Waals surface area contributed by atoms with Crippen LogP contribution in [0.15, 0.2) is 42.5 Å². The van der Waals surface area contributed by atoms with Gasteiger partial charge in [-0.3, -0.25) is 0 Å². The van der Waals surface area contributed by atoms with Gasteiger partial charge in [0.05, 0.1) is 11.4 Å². The number of benzene rings is 2. The van der Waals surface area contributed by atoms with Crippen molar-refractivity contribution in [1.82, 2.24) is 5.32 Å². The van der Waals surface area contributed by atoms with Gasteiger partial charge in [-0.05, 0) is 30.7 Å². The average Bonchev–Trinajstić information content (AvgIpc) is 2.41. The molecular weight excluding hydrogens is 257 g/mol. The number of aryl methyl sites for hydroxylation is 1. The second kappa shape index (κ2) is 6.06. The molecule has 4 nitrogen and oxygen atoms in total. The molecule has 2 aromatic carbocycles. The summed E-state index contributed by atoms with van der Waals surface area (Å²) in [6, 6.07) is 11.2. The lowest BCUT2D eigenvalue weighted by atomic mass is 10.2. The zero-order chi connectivity index (χ0) is 14.5. The van der Waals surface area contributed by atoms with Crippen LogP contribution in [-0.4, -0.2) is 6.03 Å². The molecule has 0 heterocycles. The summed E-state index contributed by atoms with van der Waals surface area (Å²) in [5.74, 6) is -0.345. The standard InChI is InChI=1S/C15H16FN3O/c1-10-6-7-14(13(17)8-10)19-15(20)18-9-11-4-2-3-5-12(11)16/h2-8H,9,17H2,1H3,(H2,18,19,20). The second-order valence-corrected chi connectivity index (χ2v) is 4.49. The van der Waals surface area contributed by atoms with E-state index in [0.717, 1.165) is 5.56 Å². The quantitative estimate of drug-likeness (QED) is 0.752. The number of nitrogen functional groups attached to an aromatic ring is 1. The number of anilines is 2. The lowest BCUT2D eigenvalue weighted by Crippen LogP contribution is -2.28. The van der Waals surface area contributed by atoms with E-state index in [9.17, 15) is 9.18 Å². The number of nitrogens with one attached hydrogen (secondary N) is 2. The van der Waals surface area contributed by atoms with Crippen molar-refractivity contribution in [2.45, 2.75) is 13.5 Å². The van der Waals surface area contributed by atoms with Crippen molar-refractivity contribution in [2.75, 3.05) is 11.1 Å². The summed E-state index contributed by atoms with van der Waals surface area (Å²) in [6.45, 7) is 2.03. The minimum Gasteiger partial charge on any atom is -0.397 e. The van der Waals surface area contributed by atoms with Crippen molar-refractivity contribution in [3.8, 4) is 0 Å². The third-order valence-electron chi connectivity index (χ3n) is 2.85. The van der Waals surface area contributed by atoms with Crippen LogP contribution in [0.25, 0.3) is 0 Å². The first kappa shape index (κ1) is 13.9. The average molecular weight is 273 g/mol. The Hall–Kier alpha value is -2.56. The molecule has 0 radical (unpaired) electrons. The van der Waals surface area contributed by atoms with Crippen molar-refractivity contribution in [2.24, 2.45) is 0 Å². The summed E-state index contributed by atoms with van der Waals surface area (Å²) in [5, 5.41) is 5.21. The van der Waals surface area contributed by atoms with E-state index < -0.39 is 6.03 Å². The van der Waals surface area contributed by atoms with Gasteiger partial charge in [-0.25, -0.2) is 9.18 Å². The summed E-state index contributed by atoms with van der Waals surface area (Å²) >= 11 is 0. The molecule has 20 heavy (non-hydrogen) atoms. The number of carbonyl (C=O) groups is 1. The van der Waals surface area contributed by atoms with Crippen molar-refractivity contribution >= 4 is 17.4 Å². The van der Waals surface area contributed by atoms with Crippen molar-refractivity contribution in [3.05, 3.63) is 59.4 Å². The molecule has 5 heteroatoms. The molecule has 0 unspecified atom stereocenters. The van der Waals surface area contributed by atoms with E-state index in [4.69, 9.17) is 5.73 Å². The predicted molar refractivity (Wildman–Crippen MR) is 77.8 cm³/mol. The van der Waals surface area contributed by atoms with Crippen LogP contribution in [0.5, 0.6) is 0 Å². The van der Waals surface area contributed by atoms with Gasteiger partial charge in [-0.1, -0.05) is 24.3 Å². The first-order chi connectivity index (χ1) is 9.56. The minimum atomic E-state index is -0.427. The molecule has 2 rings (SSSR count). The number of hydrogen-bond donors (Lipinski definition) is 3. The van der Waals surface area contributed by atoms with Crippen molar-refractivity contribution in [3.63, 3.8) is 0 Å². The van der Waals surface area contributed by atoms with Gasteiger partial charge in [0, 0.05) is 12.1 Å². The van der Waals surface area contributed by atoms with Gasteiger partial charge in [0.15, 0.2) is 0 Å². The zero-order valence-corrected chi connectivity index (χ0v) is 11.1. The van der Waals surface area contributed by atoms with E-state index in [0.29, 0.717) is 16.9 Å². The molecule has 4 N–H and O–H groups in total. The number of halogens is 1. The Bertz CT molecular complexity index is 628. The molecular formula is C15H16FN3O. The maximum absolute atomic E-state index is 13.4. The molecule has 2 amide bonds. The smallest absolute Gasteiger partial charge is 0.319 e. The van der Waals surface area contributed by atoms with Crippen LogP contribution < -0.4 is 16.4 Å². The Morgan fingerprint density at radius 1 is 1.25 bits per heavy atom. The lowest BCUT2D eigenvalue weighted by molar-refractivity contribution is 0.251. The molecule has 0 saturated carbocycles. The number of nitrogens with two attached hydrogens (primary N) is 1. The third-order valence-corrected chi connectivity index (χ3v) is 2.85. The Balaban J connectivity index is 1.94. The molecule has 0 aliphatic rings. The first-order valence-electron chi connectivity index (χ1n) is 6.20. The van der Waals surface area contributed by atoms with Gasteiger partial charge in [0.25, 0.3) is 0 Å². The Labute approximate surface area is 116 Å². The van der Waals surface area contributed by atoms with E-state index in [1.54, 1.807) is 30.3 Å². The summed E-state index contributed by atoms with van der Waals surface area (Å²) in [6.07, 6.45) is 0. The molecule has 2 aromatic rings. The van der Waals surface area contributed by atoms with Crippen LogP contribution in [-0.2, 0) is 6.54 Å². The zero-order valence-electron chi connectivity index (χ0n) is 11.1. The number of hydrogen-bond acceptors (Lipinski definition) is 2. The van der Waals surface area contributed by atoms with Gasteiger partial charge in [0.1, 0.15) is 5.82 Å². The van der Waals surface area contributed by atoms with Gasteiger partial charge < -0.3 is 16.4 Å². The fourth-order valence-corrected chi connectivity index (χ4v) is 1.78. The van der Waals surface area contributed by atoms with Crippen LogP contribution >= 0.6 is 0 Å². The van der Waals surface area contributed by atoms with E-state index in [1.165, 1.54) is 6.07 Å². The van der Waals surface area contributed by atoms with Crippen LogP contribution in [0.4, 0.5) is 20.6 Å². The van der Waals surface area contributed by atoms with Gasteiger partial charge in [-0.2, -0.15) is 0 Å². The molecule has 0 saturated heterocycles. The highest BCUT2D eigenvalue weighted by molar-refractivity contribution is 5.92. The van der Waals surface area contributed by atoms with Gasteiger partial charge >= 0.3 is 6.03 Å². The Morgan fingerprint density at radius 3 is 2.70 bits per heavy atom. The van der Waals surface area contributed by atoms with Crippen LogP contribution in [0.2, 0.25) is 0 Å². The van der Waals surface area contributed by atoms with Crippen LogP contribution in [0.1, 0.15) is 11.1 Å². The monoisotopic (exact) mass is 273 g/mol. The maximum atomic E-state index is 13.4. The number of amides is 2. The second-order valence-electron chi connectivity index (χ2n) is 4.49. The topological polar surface area (TPSA) is 67.2 Å². The molecule has 0 atom stereocenters. The van der Waals surface area contributed by atoms with E-state index >= 15 is 0 Å². The van der Waals surface area contributed by atoms with Crippen LogP contribution in [0.3, 0.4) is 0 Å². The highest BCUT2D eigenvalue weighted by Crippen LogP contribution is 2.19. The number of rotatable bonds is 3. The number of carbonyl (C=O) groups excluding carboxylic acids is 1.